The largest absolute Gasteiger partial charge is 0.323 e. The Hall–Kier alpha value is -1.05. The fourth-order valence-electron chi connectivity index (χ4n) is 2.31. The molecular weight excluding hydrogens is 172 g/mol. The Balaban J connectivity index is 2.75. The number of hydrogen-bond donors (Lipinski definition) is 0. The van der Waals surface area contributed by atoms with Crippen molar-refractivity contribution < 1.29 is 0 Å². The maximum atomic E-state index is 4.53. The minimum atomic E-state index is 0.222. The monoisotopic (exact) mass is 190 g/mol. The first kappa shape index (κ1) is 9.50. The number of aromatic nitrogens is 2. The molecule has 0 saturated carbocycles. The summed E-state index contributed by atoms with van der Waals surface area (Å²) in [6, 6.07) is 0. The van der Waals surface area contributed by atoms with E-state index in [1.54, 1.807) is 0 Å². The van der Waals surface area contributed by atoms with E-state index in [9.17, 15) is 0 Å². The molecule has 0 radical (unpaired) electrons. The number of aryl methyl sites for hydroxylation is 1. The van der Waals surface area contributed by atoms with Crippen molar-refractivity contribution in [1.29, 1.82) is 0 Å². The number of hydrogen-bond acceptors (Lipinski definition) is 1. The minimum absolute atomic E-state index is 0.222. The molecule has 0 bridgehead atoms. The van der Waals surface area contributed by atoms with E-state index in [0.29, 0.717) is 0 Å². The average Bonchev–Trinajstić information content (AvgIpc) is 2.55. The normalized spacial score (nSPS) is 20.1. The summed E-state index contributed by atoms with van der Waals surface area (Å²) in [4.78, 5) is 4.53. The summed E-state index contributed by atoms with van der Waals surface area (Å²) in [6.07, 6.45) is 5.56. The summed E-state index contributed by atoms with van der Waals surface area (Å²) < 4.78 is 2.36. The van der Waals surface area contributed by atoms with E-state index in [4.69, 9.17) is 0 Å². The van der Waals surface area contributed by atoms with Gasteiger partial charge in [0.2, 0.25) is 0 Å². The molecule has 0 amide bonds. The maximum Gasteiger partial charge on any atom is 0.110 e. The average molecular weight is 190 g/mol. The van der Waals surface area contributed by atoms with Crippen LogP contribution in [0.2, 0.25) is 0 Å². The fourth-order valence-corrected chi connectivity index (χ4v) is 2.31. The van der Waals surface area contributed by atoms with E-state index in [1.807, 2.05) is 0 Å². The molecule has 0 fully saturated rings. The quantitative estimate of drug-likeness (QED) is 0.650. The molecule has 0 aliphatic carbocycles. The molecule has 0 spiro atoms. The van der Waals surface area contributed by atoms with Crippen LogP contribution in [0.5, 0.6) is 0 Å². The molecule has 1 aromatic heterocycles. The third-order valence-electron chi connectivity index (χ3n) is 3.02. The van der Waals surface area contributed by atoms with E-state index >= 15 is 0 Å². The van der Waals surface area contributed by atoms with Crippen LogP contribution in [0.3, 0.4) is 0 Å². The van der Waals surface area contributed by atoms with Crippen LogP contribution < -0.4 is 10.7 Å². The van der Waals surface area contributed by atoms with Gasteiger partial charge in [-0.05, 0) is 26.7 Å². The second kappa shape index (κ2) is 2.97. The highest BCUT2D eigenvalue weighted by Gasteiger charge is 2.30. The van der Waals surface area contributed by atoms with Crippen LogP contribution in [0.1, 0.15) is 39.4 Å². The zero-order valence-electron chi connectivity index (χ0n) is 9.30. The Morgan fingerprint density at radius 3 is 2.93 bits per heavy atom. The van der Waals surface area contributed by atoms with Gasteiger partial charge in [0.1, 0.15) is 5.82 Å². The molecule has 2 rings (SSSR count). The van der Waals surface area contributed by atoms with Gasteiger partial charge in [-0.15, -0.1) is 0 Å². The molecule has 1 aromatic rings. The Morgan fingerprint density at radius 2 is 2.29 bits per heavy atom. The van der Waals surface area contributed by atoms with Gasteiger partial charge in [0.05, 0.1) is 10.7 Å². The van der Waals surface area contributed by atoms with Crippen LogP contribution >= 0.6 is 0 Å². The van der Waals surface area contributed by atoms with Crippen LogP contribution in [0.4, 0.5) is 0 Å². The Morgan fingerprint density at radius 1 is 1.57 bits per heavy atom. The molecule has 0 atom stereocenters. The third kappa shape index (κ3) is 1.21. The van der Waals surface area contributed by atoms with Crippen molar-refractivity contribution >= 4 is 12.7 Å². The number of rotatable bonds is 1. The molecule has 0 aromatic carbocycles. The van der Waals surface area contributed by atoms with Crippen molar-refractivity contribution in [3.63, 3.8) is 0 Å². The van der Waals surface area contributed by atoms with Crippen molar-refractivity contribution in [2.75, 3.05) is 0 Å². The van der Waals surface area contributed by atoms with Crippen molar-refractivity contribution in [1.82, 2.24) is 9.55 Å². The fraction of sp³-hybridized carbons (Fsp3) is 0.583. The highest BCUT2D eigenvalue weighted by atomic mass is 15.2. The third-order valence-corrected chi connectivity index (χ3v) is 3.02. The van der Waals surface area contributed by atoms with Gasteiger partial charge in [-0.3, -0.25) is 0 Å². The lowest BCUT2D eigenvalue weighted by molar-refractivity contribution is 0.368. The summed E-state index contributed by atoms with van der Waals surface area (Å²) in [6.45, 7) is 10.7. The Kier molecular flexibility index (Phi) is 2.02. The topological polar surface area (TPSA) is 17.8 Å². The first-order valence-electron chi connectivity index (χ1n) is 5.33. The van der Waals surface area contributed by atoms with Gasteiger partial charge in [0, 0.05) is 12.0 Å². The number of fused-ring (bicyclic) bond motifs is 1. The molecule has 2 nitrogen and oxygen atoms in total. The summed E-state index contributed by atoms with van der Waals surface area (Å²) in [5.74, 6) is 1.21. The molecular formula is C12H18N2. The van der Waals surface area contributed by atoms with Gasteiger partial charge in [-0.1, -0.05) is 19.6 Å². The Labute approximate surface area is 85.0 Å². The van der Waals surface area contributed by atoms with Gasteiger partial charge < -0.3 is 4.57 Å². The van der Waals surface area contributed by atoms with E-state index in [2.05, 4.69) is 43.0 Å². The summed E-state index contributed by atoms with van der Waals surface area (Å²) >= 11 is 0. The molecule has 76 valence electrons. The molecule has 0 unspecified atom stereocenters. The zero-order valence-corrected chi connectivity index (χ0v) is 9.30. The SMILES string of the molecule is C=c1nc2n(/c1=C/CC)C(C)(C)CC2. The summed E-state index contributed by atoms with van der Waals surface area (Å²) in [5.41, 5.74) is 0.222. The molecule has 0 saturated heterocycles. The number of nitrogens with zero attached hydrogens (tertiary/aromatic N) is 2. The van der Waals surface area contributed by atoms with E-state index in [0.717, 1.165) is 18.2 Å². The van der Waals surface area contributed by atoms with Gasteiger partial charge in [-0.25, -0.2) is 4.98 Å². The first-order chi connectivity index (χ1) is 6.56. The first-order valence-corrected chi connectivity index (χ1v) is 5.33. The van der Waals surface area contributed by atoms with Crippen LogP contribution in [0.15, 0.2) is 0 Å². The highest BCUT2D eigenvalue weighted by molar-refractivity contribution is 5.24. The van der Waals surface area contributed by atoms with Crippen molar-refractivity contribution in [2.24, 2.45) is 0 Å². The van der Waals surface area contributed by atoms with Crippen LogP contribution in [-0.2, 0) is 12.0 Å². The molecule has 1 aliphatic rings. The van der Waals surface area contributed by atoms with Crippen molar-refractivity contribution in [2.45, 2.75) is 45.6 Å². The smallest absolute Gasteiger partial charge is 0.110 e. The molecule has 2 heteroatoms. The van der Waals surface area contributed by atoms with E-state index in [1.165, 1.54) is 17.6 Å². The minimum Gasteiger partial charge on any atom is -0.323 e. The molecule has 1 aliphatic heterocycles. The van der Waals surface area contributed by atoms with Crippen LogP contribution in [0.25, 0.3) is 12.7 Å². The van der Waals surface area contributed by atoms with Crippen LogP contribution in [0, 0.1) is 0 Å². The molecule has 0 N–H and O–H groups in total. The lowest BCUT2D eigenvalue weighted by atomic mass is 10.0. The highest BCUT2D eigenvalue weighted by Crippen LogP contribution is 2.27. The Bertz CT molecular complexity index is 451. The van der Waals surface area contributed by atoms with E-state index < -0.39 is 0 Å². The van der Waals surface area contributed by atoms with Crippen LogP contribution in [-0.4, -0.2) is 9.55 Å². The second-order valence-corrected chi connectivity index (χ2v) is 4.62. The summed E-state index contributed by atoms with van der Waals surface area (Å²) in [5, 5.41) is 2.17. The van der Waals surface area contributed by atoms with Gasteiger partial charge in [0.25, 0.3) is 0 Å². The maximum absolute atomic E-state index is 4.53. The molecule has 14 heavy (non-hydrogen) atoms. The zero-order chi connectivity index (χ0) is 10.3. The molecule has 2 heterocycles. The second-order valence-electron chi connectivity index (χ2n) is 4.62. The lowest BCUT2D eigenvalue weighted by Gasteiger charge is -2.21. The van der Waals surface area contributed by atoms with E-state index in [-0.39, 0.29) is 5.54 Å². The lowest BCUT2D eigenvalue weighted by Crippen LogP contribution is -2.37. The predicted molar refractivity (Wildman–Crippen MR) is 59.4 cm³/mol. The summed E-state index contributed by atoms with van der Waals surface area (Å²) in [7, 11) is 0. The van der Waals surface area contributed by atoms with Gasteiger partial charge in [0.15, 0.2) is 0 Å². The number of imidazole rings is 1. The predicted octanol–water partition coefficient (Wildman–Crippen LogP) is 1.17. The van der Waals surface area contributed by atoms with Crippen molar-refractivity contribution in [3.05, 3.63) is 16.5 Å². The van der Waals surface area contributed by atoms with Crippen molar-refractivity contribution in [3.8, 4) is 0 Å². The standard InChI is InChI=1S/C12H18N2/c1-5-6-10-9(2)13-11-7-8-12(3,4)14(10)11/h6H,2,5,7-8H2,1,3-4H3/b10-6+. The van der Waals surface area contributed by atoms with Gasteiger partial charge in [-0.2, -0.15) is 0 Å². The van der Waals surface area contributed by atoms with Gasteiger partial charge >= 0.3 is 0 Å².